The molecule has 1 aliphatic rings. The fourth-order valence-electron chi connectivity index (χ4n) is 1.26. The molecule has 1 aliphatic heterocycles. The second-order valence-corrected chi connectivity index (χ2v) is 2.74. The molecule has 1 aromatic rings. The summed E-state index contributed by atoms with van der Waals surface area (Å²) in [5.41, 5.74) is 0.971. The van der Waals surface area contributed by atoms with Crippen molar-refractivity contribution < 1.29 is 14.3 Å². The Balaban J connectivity index is 2.12. The van der Waals surface area contributed by atoms with Crippen molar-refractivity contribution in [2.24, 2.45) is 0 Å². The van der Waals surface area contributed by atoms with Gasteiger partial charge in [0.15, 0.2) is 6.29 Å². The third-order valence-corrected chi connectivity index (χ3v) is 1.87. The molecule has 1 N–H and O–H groups in total. The van der Waals surface area contributed by atoms with E-state index in [1.54, 1.807) is 18.6 Å². The zero-order valence-corrected chi connectivity index (χ0v) is 6.51. The van der Waals surface area contributed by atoms with E-state index in [-0.39, 0.29) is 6.10 Å². The first kappa shape index (κ1) is 7.58. The molecule has 2 rings (SSSR count). The van der Waals surface area contributed by atoms with Crippen molar-refractivity contribution in [1.29, 1.82) is 0 Å². The Morgan fingerprint density at radius 2 is 2.42 bits per heavy atom. The highest BCUT2D eigenvalue weighted by Gasteiger charge is 2.18. The molecule has 12 heavy (non-hydrogen) atoms. The quantitative estimate of drug-likeness (QED) is 0.644. The van der Waals surface area contributed by atoms with Gasteiger partial charge in [-0.3, -0.25) is 0 Å². The number of aliphatic hydroxyl groups excluding tert-OH is 1. The minimum Gasteiger partial charge on any atom is -0.472 e. The SMILES string of the molecule is OC1C=CCC(c2ccoc2)O1. The standard InChI is InChI=1S/C9H10O3/c10-9-3-1-2-8(12-9)7-4-5-11-6-7/h1,3-6,8-10H,2H2. The molecule has 0 aliphatic carbocycles. The lowest BCUT2D eigenvalue weighted by atomic mass is 10.1. The van der Waals surface area contributed by atoms with Crippen molar-refractivity contribution in [3.8, 4) is 0 Å². The minimum atomic E-state index is -0.779. The lowest BCUT2D eigenvalue weighted by Crippen LogP contribution is -2.16. The molecule has 3 heteroatoms. The highest BCUT2D eigenvalue weighted by molar-refractivity contribution is 5.12. The molecule has 0 spiro atoms. The van der Waals surface area contributed by atoms with Crippen molar-refractivity contribution in [1.82, 2.24) is 0 Å². The summed E-state index contributed by atoms with van der Waals surface area (Å²) < 4.78 is 10.2. The van der Waals surface area contributed by atoms with Crippen molar-refractivity contribution in [3.63, 3.8) is 0 Å². The van der Waals surface area contributed by atoms with Gasteiger partial charge in [-0.1, -0.05) is 6.08 Å². The van der Waals surface area contributed by atoms with Crippen LogP contribution >= 0.6 is 0 Å². The van der Waals surface area contributed by atoms with Crippen LogP contribution < -0.4 is 0 Å². The normalized spacial score (nSPS) is 29.1. The molecule has 0 radical (unpaired) electrons. The van der Waals surface area contributed by atoms with Crippen LogP contribution in [0.2, 0.25) is 0 Å². The van der Waals surface area contributed by atoms with E-state index >= 15 is 0 Å². The van der Waals surface area contributed by atoms with E-state index in [4.69, 9.17) is 14.3 Å². The summed E-state index contributed by atoms with van der Waals surface area (Å²) in [6.07, 6.45) is 6.72. The van der Waals surface area contributed by atoms with Crippen LogP contribution in [-0.4, -0.2) is 11.4 Å². The number of furan rings is 1. The van der Waals surface area contributed by atoms with Gasteiger partial charge in [0.1, 0.15) is 0 Å². The van der Waals surface area contributed by atoms with Crippen LogP contribution in [0.1, 0.15) is 18.1 Å². The zero-order chi connectivity index (χ0) is 8.39. The first-order chi connectivity index (χ1) is 5.86. The van der Waals surface area contributed by atoms with E-state index in [2.05, 4.69) is 0 Å². The van der Waals surface area contributed by atoms with Gasteiger partial charge in [0.2, 0.25) is 0 Å². The minimum absolute atomic E-state index is 0.0660. The van der Waals surface area contributed by atoms with E-state index in [9.17, 15) is 0 Å². The van der Waals surface area contributed by atoms with Crippen LogP contribution in [0.4, 0.5) is 0 Å². The topological polar surface area (TPSA) is 42.6 Å². The van der Waals surface area contributed by atoms with Gasteiger partial charge in [-0.15, -0.1) is 0 Å². The first-order valence-electron chi connectivity index (χ1n) is 3.88. The third kappa shape index (κ3) is 1.42. The molecular weight excluding hydrogens is 156 g/mol. The summed E-state index contributed by atoms with van der Waals surface area (Å²) in [6, 6.07) is 1.84. The molecule has 3 nitrogen and oxygen atoms in total. The van der Waals surface area contributed by atoms with Gasteiger partial charge in [0, 0.05) is 5.56 Å². The van der Waals surface area contributed by atoms with Gasteiger partial charge < -0.3 is 14.3 Å². The average Bonchev–Trinajstić information content (AvgIpc) is 2.56. The number of hydrogen-bond donors (Lipinski definition) is 1. The highest BCUT2D eigenvalue weighted by Crippen LogP contribution is 2.26. The lowest BCUT2D eigenvalue weighted by Gasteiger charge is -2.21. The van der Waals surface area contributed by atoms with E-state index in [0.717, 1.165) is 12.0 Å². The Hall–Kier alpha value is -1.06. The number of rotatable bonds is 1. The molecule has 0 amide bonds. The number of aliphatic hydroxyl groups is 1. The van der Waals surface area contributed by atoms with Gasteiger partial charge in [-0.05, 0) is 18.6 Å². The fourth-order valence-corrected chi connectivity index (χ4v) is 1.26. The number of hydrogen-bond acceptors (Lipinski definition) is 3. The largest absolute Gasteiger partial charge is 0.472 e. The molecule has 0 aromatic carbocycles. The van der Waals surface area contributed by atoms with E-state index in [1.807, 2.05) is 12.1 Å². The molecule has 2 unspecified atom stereocenters. The van der Waals surface area contributed by atoms with E-state index in [1.165, 1.54) is 0 Å². The van der Waals surface area contributed by atoms with Gasteiger partial charge >= 0.3 is 0 Å². The molecule has 0 saturated heterocycles. The number of ether oxygens (including phenoxy) is 1. The van der Waals surface area contributed by atoms with Crippen LogP contribution in [-0.2, 0) is 4.74 Å². The molecule has 64 valence electrons. The Labute approximate surface area is 70.3 Å². The summed E-state index contributed by atoms with van der Waals surface area (Å²) in [5.74, 6) is 0. The van der Waals surface area contributed by atoms with Gasteiger partial charge in [0.05, 0.1) is 18.6 Å². The zero-order valence-electron chi connectivity index (χ0n) is 6.51. The van der Waals surface area contributed by atoms with Gasteiger partial charge in [-0.2, -0.15) is 0 Å². The van der Waals surface area contributed by atoms with E-state index in [0.29, 0.717) is 0 Å². The first-order valence-corrected chi connectivity index (χ1v) is 3.88. The molecule has 0 saturated carbocycles. The van der Waals surface area contributed by atoms with Crippen LogP contribution in [0.25, 0.3) is 0 Å². The smallest absolute Gasteiger partial charge is 0.174 e. The summed E-state index contributed by atoms with van der Waals surface area (Å²) in [6.45, 7) is 0. The van der Waals surface area contributed by atoms with Crippen molar-refractivity contribution in [3.05, 3.63) is 36.3 Å². The maximum atomic E-state index is 9.14. The maximum Gasteiger partial charge on any atom is 0.174 e. The summed E-state index contributed by atoms with van der Waals surface area (Å²) in [5, 5.41) is 9.14. The van der Waals surface area contributed by atoms with Crippen LogP contribution in [0, 0.1) is 0 Å². The Morgan fingerprint density at radius 3 is 3.08 bits per heavy atom. The second-order valence-electron chi connectivity index (χ2n) is 2.74. The fraction of sp³-hybridized carbons (Fsp3) is 0.333. The Morgan fingerprint density at radius 1 is 1.50 bits per heavy atom. The van der Waals surface area contributed by atoms with Crippen molar-refractivity contribution in [2.75, 3.05) is 0 Å². The maximum absolute atomic E-state index is 9.14. The lowest BCUT2D eigenvalue weighted by molar-refractivity contribution is -0.113. The highest BCUT2D eigenvalue weighted by atomic mass is 16.6. The Bertz CT molecular complexity index is 263. The second kappa shape index (κ2) is 3.13. The molecule has 0 bridgehead atoms. The average molecular weight is 166 g/mol. The van der Waals surface area contributed by atoms with Gasteiger partial charge in [0.25, 0.3) is 0 Å². The summed E-state index contributed by atoms with van der Waals surface area (Å²) in [4.78, 5) is 0. The van der Waals surface area contributed by atoms with Crippen molar-refractivity contribution >= 4 is 0 Å². The summed E-state index contributed by atoms with van der Waals surface area (Å²) in [7, 11) is 0. The summed E-state index contributed by atoms with van der Waals surface area (Å²) >= 11 is 0. The predicted molar refractivity (Wildman–Crippen MR) is 42.3 cm³/mol. The van der Waals surface area contributed by atoms with Crippen LogP contribution in [0.5, 0.6) is 0 Å². The van der Waals surface area contributed by atoms with Crippen LogP contribution in [0.15, 0.2) is 35.2 Å². The predicted octanol–water partition coefficient (Wildman–Crippen LogP) is 1.62. The third-order valence-electron chi connectivity index (χ3n) is 1.87. The van der Waals surface area contributed by atoms with E-state index < -0.39 is 6.29 Å². The van der Waals surface area contributed by atoms with Crippen LogP contribution in [0.3, 0.4) is 0 Å². The van der Waals surface area contributed by atoms with Crippen molar-refractivity contribution in [2.45, 2.75) is 18.8 Å². The molecule has 0 fully saturated rings. The monoisotopic (exact) mass is 166 g/mol. The Kier molecular flexibility index (Phi) is 1.98. The molecule has 2 atom stereocenters. The van der Waals surface area contributed by atoms with Gasteiger partial charge in [-0.25, -0.2) is 0 Å². The molecule has 1 aromatic heterocycles. The molecule has 2 heterocycles. The molecular formula is C9H10O3.